The molecule has 1 aromatic heterocycles. The van der Waals surface area contributed by atoms with E-state index in [-0.39, 0.29) is 0 Å². The van der Waals surface area contributed by atoms with Crippen molar-refractivity contribution in [3.05, 3.63) is 22.4 Å². The van der Waals surface area contributed by atoms with Crippen molar-refractivity contribution in [3.63, 3.8) is 0 Å². The molecule has 1 heterocycles. The summed E-state index contributed by atoms with van der Waals surface area (Å²) in [6, 6.07) is 2.19. The molecular weight excluding hydrogens is 226 g/mol. The van der Waals surface area contributed by atoms with E-state index in [1.807, 2.05) is 0 Å². The summed E-state index contributed by atoms with van der Waals surface area (Å²) < 4.78 is 0. The van der Waals surface area contributed by atoms with Gasteiger partial charge in [0.05, 0.1) is 0 Å². The normalized spacial score (nSPS) is 25.9. The minimum atomic E-state index is 0.752. The molecule has 0 aliphatic heterocycles. The van der Waals surface area contributed by atoms with E-state index in [2.05, 4.69) is 22.1 Å². The van der Waals surface area contributed by atoms with Crippen LogP contribution in [0.5, 0.6) is 0 Å². The first-order valence-electron chi connectivity index (χ1n) is 5.68. The fourth-order valence-corrected chi connectivity index (χ4v) is 3.46. The van der Waals surface area contributed by atoms with Crippen LogP contribution in [0.4, 0.5) is 0 Å². The van der Waals surface area contributed by atoms with Crippen LogP contribution in [0.2, 0.25) is 0 Å². The van der Waals surface area contributed by atoms with E-state index in [1.54, 1.807) is 11.3 Å². The van der Waals surface area contributed by atoms with Crippen molar-refractivity contribution in [1.82, 2.24) is 5.32 Å². The molecule has 0 radical (unpaired) electrons. The molecule has 1 fully saturated rings. The summed E-state index contributed by atoms with van der Waals surface area (Å²) in [5.74, 6) is 2.40. The molecule has 1 N–H and O–H groups in total. The van der Waals surface area contributed by atoms with Crippen LogP contribution in [-0.2, 0) is 6.54 Å². The molecule has 1 aromatic rings. The minimum absolute atomic E-state index is 0.752. The monoisotopic (exact) mass is 243 g/mol. The SMILES string of the molecule is ClCC1CCCC1CNCc1ccsc1. The van der Waals surface area contributed by atoms with E-state index in [9.17, 15) is 0 Å². The Morgan fingerprint density at radius 3 is 3.00 bits per heavy atom. The molecule has 0 spiro atoms. The zero-order valence-corrected chi connectivity index (χ0v) is 10.5. The Hall–Kier alpha value is -0.0500. The van der Waals surface area contributed by atoms with Gasteiger partial charge in [0.2, 0.25) is 0 Å². The topological polar surface area (TPSA) is 12.0 Å². The lowest BCUT2D eigenvalue weighted by atomic mass is 9.98. The Balaban J connectivity index is 1.69. The van der Waals surface area contributed by atoms with Crippen LogP contribution in [0.3, 0.4) is 0 Å². The Morgan fingerprint density at radius 2 is 2.27 bits per heavy atom. The highest BCUT2D eigenvalue weighted by Gasteiger charge is 2.25. The summed E-state index contributed by atoms with van der Waals surface area (Å²) in [5.41, 5.74) is 1.40. The van der Waals surface area contributed by atoms with E-state index < -0.39 is 0 Å². The van der Waals surface area contributed by atoms with Gasteiger partial charge in [0.1, 0.15) is 0 Å². The van der Waals surface area contributed by atoms with E-state index in [4.69, 9.17) is 11.6 Å². The standard InChI is InChI=1S/C12H18ClNS/c13-6-11-2-1-3-12(11)8-14-7-10-4-5-15-9-10/h4-5,9,11-12,14H,1-3,6-8H2. The van der Waals surface area contributed by atoms with Crippen LogP contribution in [0, 0.1) is 11.8 Å². The lowest BCUT2D eigenvalue weighted by molar-refractivity contribution is 0.395. The molecular formula is C12H18ClNS. The summed E-state index contributed by atoms with van der Waals surface area (Å²) in [6.07, 6.45) is 4.05. The van der Waals surface area contributed by atoms with Crippen molar-refractivity contribution in [2.24, 2.45) is 11.8 Å². The van der Waals surface area contributed by atoms with Gasteiger partial charge in [-0.25, -0.2) is 0 Å². The maximum Gasteiger partial charge on any atom is 0.0254 e. The number of rotatable bonds is 5. The van der Waals surface area contributed by atoms with Gasteiger partial charge in [-0.3, -0.25) is 0 Å². The Kier molecular flexibility index (Phi) is 4.48. The van der Waals surface area contributed by atoms with Gasteiger partial charge in [0.25, 0.3) is 0 Å². The second kappa shape index (κ2) is 5.88. The van der Waals surface area contributed by atoms with Gasteiger partial charge in [-0.15, -0.1) is 11.6 Å². The minimum Gasteiger partial charge on any atom is -0.312 e. The highest BCUT2D eigenvalue weighted by molar-refractivity contribution is 7.07. The molecule has 2 atom stereocenters. The Labute approximate surface area is 101 Å². The third kappa shape index (κ3) is 3.20. The summed E-state index contributed by atoms with van der Waals surface area (Å²) in [7, 11) is 0. The van der Waals surface area contributed by atoms with Crippen LogP contribution in [0.1, 0.15) is 24.8 Å². The van der Waals surface area contributed by atoms with Crippen molar-refractivity contribution in [3.8, 4) is 0 Å². The fraction of sp³-hybridized carbons (Fsp3) is 0.667. The van der Waals surface area contributed by atoms with Crippen molar-refractivity contribution in [1.29, 1.82) is 0 Å². The smallest absolute Gasteiger partial charge is 0.0254 e. The number of alkyl halides is 1. The van der Waals surface area contributed by atoms with Gasteiger partial charge >= 0.3 is 0 Å². The molecule has 3 heteroatoms. The third-order valence-corrected chi connectivity index (χ3v) is 4.46. The number of nitrogens with one attached hydrogen (secondary N) is 1. The molecule has 1 saturated carbocycles. The zero-order chi connectivity index (χ0) is 10.5. The first-order valence-corrected chi connectivity index (χ1v) is 7.15. The number of halogens is 1. The predicted molar refractivity (Wildman–Crippen MR) is 67.6 cm³/mol. The molecule has 0 bridgehead atoms. The second-order valence-electron chi connectivity index (χ2n) is 4.37. The van der Waals surface area contributed by atoms with Gasteiger partial charge < -0.3 is 5.32 Å². The van der Waals surface area contributed by atoms with Crippen LogP contribution in [0.15, 0.2) is 16.8 Å². The van der Waals surface area contributed by atoms with Crippen LogP contribution < -0.4 is 5.32 Å². The highest BCUT2D eigenvalue weighted by atomic mass is 35.5. The average Bonchev–Trinajstić information content (AvgIpc) is 2.88. The summed E-state index contributed by atoms with van der Waals surface area (Å²) in [4.78, 5) is 0. The second-order valence-corrected chi connectivity index (χ2v) is 5.46. The highest BCUT2D eigenvalue weighted by Crippen LogP contribution is 2.31. The lowest BCUT2D eigenvalue weighted by Gasteiger charge is -2.17. The molecule has 2 unspecified atom stereocenters. The van der Waals surface area contributed by atoms with E-state index in [1.165, 1.54) is 24.8 Å². The third-order valence-electron chi connectivity index (χ3n) is 3.33. The molecule has 1 aliphatic rings. The summed E-state index contributed by atoms with van der Waals surface area (Å²) in [5, 5.41) is 7.88. The first-order chi connectivity index (χ1) is 7.40. The number of thiophene rings is 1. The van der Waals surface area contributed by atoms with Gasteiger partial charge in [0.15, 0.2) is 0 Å². The van der Waals surface area contributed by atoms with Gasteiger partial charge in [0, 0.05) is 12.4 Å². The molecule has 0 amide bonds. The van der Waals surface area contributed by atoms with Gasteiger partial charge in [-0.1, -0.05) is 6.42 Å². The van der Waals surface area contributed by atoms with Crippen molar-refractivity contribution in [2.75, 3.05) is 12.4 Å². The quantitative estimate of drug-likeness (QED) is 0.781. The molecule has 0 aromatic carbocycles. The van der Waals surface area contributed by atoms with Gasteiger partial charge in [-0.05, 0) is 53.6 Å². The zero-order valence-electron chi connectivity index (χ0n) is 8.92. The molecule has 15 heavy (non-hydrogen) atoms. The lowest BCUT2D eigenvalue weighted by Crippen LogP contribution is -2.25. The van der Waals surface area contributed by atoms with Crippen LogP contribution in [-0.4, -0.2) is 12.4 Å². The van der Waals surface area contributed by atoms with E-state index in [0.29, 0.717) is 0 Å². The molecule has 1 nitrogen and oxygen atoms in total. The summed E-state index contributed by atoms with van der Waals surface area (Å²) >= 11 is 7.72. The maximum atomic E-state index is 5.95. The molecule has 84 valence electrons. The van der Waals surface area contributed by atoms with E-state index >= 15 is 0 Å². The number of hydrogen-bond acceptors (Lipinski definition) is 2. The Morgan fingerprint density at radius 1 is 1.40 bits per heavy atom. The van der Waals surface area contributed by atoms with Crippen LogP contribution in [0.25, 0.3) is 0 Å². The summed E-state index contributed by atoms with van der Waals surface area (Å²) in [6.45, 7) is 2.14. The fourth-order valence-electron chi connectivity index (χ4n) is 2.38. The number of hydrogen-bond donors (Lipinski definition) is 1. The average molecular weight is 244 g/mol. The van der Waals surface area contributed by atoms with Crippen molar-refractivity contribution < 1.29 is 0 Å². The first kappa shape index (κ1) is 11.4. The molecule has 0 saturated heterocycles. The van der Waals surface area contributed by atoms with Crippen molar-refractivity contribution >= 4 is 22.9 Å². The maximum absolute atomic E-state index is 5.95. The van der Waals surface area contributed by atoms with Crippen molar-refractivity contribution in [2.45, 2.75) is 25.8 Å². The largest absolute Gasteiger partial charge is 0.312 e. The Bertz CT molecular complexity index is 273. The molecule has 2 rings (SSSR count). The van der Waals surface area contributed by atoms with Gasteiger partial charge in [-0.2, -0.15) is 11.3 Å². The van der Waals surface area contributed by atoms with E-state index in [0.717, 1.165) is 30.8 Å². The van der Waals surface area contributed by atoms with Crippen LogP contribution >= 0.6 is 22.9 Å². The predicted octanol–water partition coefficient (Wildman–Crippen LogP) is 3.49. The molecule has 1 aliphatic carbocycles.